The minimum Gasteiger partial charge on any atom is -0.487 e. The zero-order valence-electron chi connectivity index (χ0n) is 15.3. The van der Waals surface area contributed by atoms with E-state index in [1.165, 1.54) is 0 Å². The molecule has 1 unspecified atom stereocenters. The van der Waals surface area contributed by atoms with E-state index in [1.54, 1.807) is 30.2 Å². The number of hydrogen-bond donors (Lipinski definition) is 1. The van der Waals surface area contributed by atoms with Crippen molar-refractivity contribution in [2.24, 2.45) is 5.92 Å². The summed E-state index contributed by atoms with van der Waals surface area (Å²) in [5.41, 5.74) is 1.19. The number of para-hydroxylation sites is 2. The van der Waals surface area contributed by atoms with Crippen LogP contribution in [0.25, 0.3) is 0 Å². The third kappa shape index (κ3) is 4.48. The maximum atomic E-state index is 12.8. The first-order valence-electron chi connectivity index (χ1n) is 8.80. The van der Waals surface area contributed by atoms with Crippen LogP contribution in [0.4, 0.5) is 11.4 Å². The van der Waals surface area contributed by atoms with Crippen molar-refractivity contribution in [2.75, 3.05) is 37.1 Å². The Morgan fingerprint density at radius 2 is 2.04 bits per heavy atom. The minimum absolute atomic E-state index is 0.228. The molecule has 148 valence electrons. The van der Waals surface area contributed by atoms with Crippen LogP contribution in [0.3, 0.4) is 0 Å². The number of nitrogens with one attached hydrogen (secondary N) is 1. The molecule has 2 amide bonds. The number of amides is 2. The van der Waals surface area contributed by atoms with Crippen molar-refractivity contribution in [3.63, 3.8) is 0 Å². The number of carbonyl (C=O) groups excluding carboxylic acids is 2. The molecule has 6 nitrogen and oxygen atoms in total. The highest BCUT2D eigenvalue weighted by molar-refractivity contribution is 9.10. The van der Waals surface area contributed by atoms with Crippen LogP contribution in [0.1, 0.15) is 6.42 Å². The topological polar surface area (TPSA) is 67.9 Å². The lowest BCUT2D eigenvalue weighted by molar-refractivity contribution is -0.129. The Bertz CT molecular complexity index is 877. The molecule has 8 heteroatoms. The van der Waals surface area contributed by atoms with Crippen LogP contribution in [-0.4, -0.2) is 38.7 Å². The Morgan fingerprint density at radius 1 is 1.25 bits per heavy atom. The van der Waals surface area contributed by atoms with E-state index < -0.39 is 5.92 Å². The maximum Gasteiger partial charge on any atom is 0.239 e. The van der Waals surface area contributed by atoms with Gasteiger partial charge in [0.1, 0.15) is 12.5 Å². The lowest BCUT2D eigenvalue weighted by atomic mass is 10.1. The molecule has 1 atom stereocenters. The standard InChI is InChI=1S/C20H20BrClN2O4/c1-27-11-12-28-18-15(22)6-4-7-16(18)23-19(25)13-9-10-24(20(13)26)17-8-3-2-5-14(17)21/h2-8,13H,9-12H2,1H3,(H,23,25). The molecular formula is C20H20BrClN2O4. The molecule has 2 aromatic carbocycles. The molecule has 0 spiro atoms. The van der Waals surface area contributed by atoms with Crippen LogP contribution in [0.5, 0.6) is 5.75 Å². The largest absolute Gasteiger partial charge is 0.487 e. The molecule has 1 N–H and O–H groups in total. The molecule has 1 heterocycles. The van der Waals surface area contributed by atoms with Crippen molar-refractivity contribution in [1.82, 2.24) is 0 Å². The number of carbonyl (C=O) groups is 2. The average Bonchev–Trinajstić information content (AvgIpc) is 3.06. The molecule has 1 aliphatic rings. The molecule has 1 saturated heterocycles. The van der Waals surface area contributed by atoms with Gasteiger partial charge < -0.3 is 19.7 Å². The van der Waals surface area contributed by atoms with Gasteiger partial charge in [0.05, 0.1) is 23.0 Å². The van der Waals surface area contributed by atoms with Crippen molar-refractivity contribution < 1.29 is 19.1 Å². The second-order valence-corrected chi connectivity index (χ2v) is 7.49. The molecule has 0 aromatic heterocycles. The Kier molecular flexibility index (Phi) is 6.93. The molecule has 0 bridgehead atoms. The fourth-order valence-corrected chi connectivity index (χ4v) is 3.76. The van der Waals surface area contributed by atoms with Gasteiger partial charge in [-0.3, -0.25) is 9.59 Å². The normalized spacial score (nSPS) is 16.3. The summed E-state index contributed by atoms with van der Waals surface area (Å²) in [7, 11) is 1.57. The monoisotopic (exact) mass is 466 g/mol. The SMILES string of the molecule is COCCOc1c(Cl)cccc1NC(=O)C1CCN(c2ccccc2Br)C1=O. The molecular weight excluding hydrogens is 448 g/mol. The van der Waals surface area contributed by atoms with Gasteiger partial charge in [0.15, 0.2) is 5.75 Å². The predicted molar refractivity (Wildman–Crippen MR) is 112 cm³/mol. The summed E-state index contributed by atoms with van der Waals surface area (Å²) in [6.45, 7) is 1.16. The number of halogens is 2. The number of rotatable bonds is 7. The summed E-state index contributed by atoms with van der Waals surface area (Å²) in [4.78, 5) is 27.2. The van der Waals surface area contributed by atoms with Crippen LogP contribution in [0, 0.1) is 5.92 Å². The summed E-state index contributed by atoms with van der Waals surface area (Å²) in [6.07, 6.45) is 0.437. The van der Waals surface area contributed by atoms with Crippen molar-refractivity contribution in [2.45, 2.75) is 6.42 Å². The highest BCUT2D eigenvalue weighted by Crippen LogP contribution is 2.35. The third-order valence-corrected chi connectivity index (χ3v) is 5.39. The van der Waals surface area contributed by atoms with Crippen LogP contribution in [0.2, 0.25) is 5.02 Å². The highest BCUT2D eigenvalue weighted by atomic mass is 79.9. The lowest BCUT2D eigenvalue weighted by Gasteiger charge is -2.19. The van der Waals surface area contributed by atoms with E-state index in [4.69, 9.17) is 21.1 Å². The number of ether oxygens (including phenoxy) is 2. The van der Waals surface area contributed by atoms with Gasteiger partial charge in [0.25, 0.3) is 0 Å². The van der Waals surface area contributed by atoms with Gasteiger partial charge in [0, 0.05) is 18.1 Å². The van der Waals surface area contributed by atoms with E-state index in [2.05, 4.69) is 21.2 Å². The zero-order chi connectivity index (χ0) is 20.1. The molecule has 0 saturated carbocycles. The summed E-state index contributed by atoms with van der Waals surface area (Å²) in [5, 5.41) is 3.17. The molecule has 0 aliphatic carbocycles. The Labute approximate surface area is 176 Å². The van der Waals surface area contributed by atoms with Gasteiger partial charge in [-0.25, -0.2) is 0 Å². The fourth-order valence-electron chi connectivity index (χ4n) is 3.03. The van der Waals surface area contributed by atoms with Gasteiger partial charge in [-0.2, -0.15) is 0 Å². The molecule has 1 fully saturated rings. The summed E-state index contributed by atoms with van der Waals surface area (Å²) >= 11 is 9.66. The molecule has 0 radical (unpaired) electrons. The number of nitrogens with zero attached hydrogens (tertiary/aromatic N) is 1. The number of hydrogen-bond acceptors (Lipinski definition) is 4. The predicted octanol–water partition coefficient (Wildman–Crippen LogP) is 4.12. The van der Waals surface area contributed by atoms with Gasteiger partial charge >= 0.3 is 0 Å². The van der Waals surface area contributed by atoms with Crippen molar-refractivity contribution in [3.8, 4) is 5.75 Å². The number of anilines is 2. The van der Waals surface area contributed by atoms with E-state index in [-0.39, 0.29) is 11.8 Å². The number of methoxy groups -OCH3 is 1. The van der Waals surface area contributed by atoms with E-state index >= 15 is 0 Å². The first kappa shape index (κ1) is 20.6. The molecule has 2 aromatic rings. The van der Waals surface area contributed by atoms with Crippen molar-refractivity contribution >= 4 is 50.7 Å². The van der Waals surface area contributed by atoms with E-state index in [1.807, 2.05) is 24.3 Å². The maximum absolute atomic E-state index is 12.8. The van der Waals surface area contributed by atoms with Gasteiger partial charge in [-0.05, 0) is 46.6 Å². The summed E-state index contributed by atoms with van der Waals surface area (Å²) in [5.74, 6) is -1.01. The average molecular weight is 468 g/mol. The van der Waals surface area contributed by atoms with Crippen molar-refractivity contribution in [1.29, 1.82) is 0 Å². The van der Waals surface area contributed by atoms with Gasteiger partial charge in [-0.1, -0.05) is 29.8 Å². The van der Waals surface area contributed by atoms with Crippen LogP contribution >= 0.6 is 27.5 Å². The smallest absolute Gasteiger partial charge is 0.239 e. The Morgan fingerprint density at radius 3 is 2.79 bits per heavy atom. The van der Waals surface area contributed by atoms with Crippen LogP contribution in [-0.2, 0) is 14.3 Å². The second kappa shape index (κ2) is 9.41. The first-order valence-corrected chi connectivity index (χ1v) is 9.97. The van der Waals surface area contributed by atoms with Gasteiger partial charge in [-0.15, -0.1) is 0 Å². The van der Waals surface area contributed by atoms with Gasteiger partial charge in [0.2, 0.25) is 11.8 Å². The summed E-state index contributed by atoms with van der Waals surface area (Å²) < 4.78 is 11.4. The summed E-state index contributed by atoms with van der Waals surface area (Å²) in [6, 6.07) is 12.5. The quantitative estimate of drug-likeness (QED) is 0.491. The molecule has 28 heavy (non-hydrogen) atoms. The first-order chi connectivity index (χ1) is 13.5. The van der Waals surface area contributed by atoms with Crippen molar-refractivity contribution in [3.05, 3.63) is 52.0 Å². The van der Waals surface area contributed by atoms with Crippen LogP contribution in [0.15, 0.2) is 46.9 Å². The molecule has 3 rings (SSSR count). The minimum atomic E-state index is -0.766. The highest BCUT2D eigenvalue weighted by Gasteiger charge is 2.38. The third-order valence-electron chi connectivity index (χ3n) is 4.42. The fraction of sp³-hybridized carbons (Fsp3) is 0.300. The lowest BCUT2D eigenvalue weighted by Crippen LogP contribution is -2.33. The second-order valence-electron chi connectivity index (χ2n) is 6.23. The van der Waals surface area contributed by atoms with E-state index in [0.717, 1.165) is 10.2 Å². The van der Waals surface area contributed by atoms with E-state index in [9.17, 15) is 9.59 Å². The Hall–Kier alpha value is -2.09. The Balaban J connectivity index is 1.73. The van der Waals surface area contributed by atoms with Crippen LogP contribution < -0.4 is 15.0 Å². The number of benzene rings is 2. The van der Waals surface area contributed by atoms with E-state index in [0.29, 0.717) is 42.6 Å². The molecule has 1 aliphatic heterocycles. The zero-order valence-corrected chi connectivity index (χ0v) is 17.6.